The van der Waals surface area contributed by atoms with E-state index < -0.39 is 6.36 Å². The molecule has 0 aliphatic carbocycles. The molecule has 2 aromatic rings. The summed E-state index contributed by atoms with van der Waals surface area (Å²) in [5.41, 5.74) is 2.04. The Morgan fingerprint density at radius 1 is 1.18 bits per heavy atom. The SMILES string of the molecule is N=Cc1c(NCC2=CC=CNC2)ncnc1Nc1ccc(OC(F)(F)F)cc1. The summed E-state index contributed by atoms with van der Waals surface area (Å²) in [4.78, 5) is 8.29. The number of rotatable bonds is 7. The van der Waals surface area contributed by atoms with E-state index in [0.29, 0.717) is 36.0 Å². The summed E-state index contributed by atoms with van der Waals surface area (Å²) in [6, 6.07) is 5.23. The van der Waals surface area contributed by atoms with E-state index in [9.17, 15) is 13.2 Å². The Bertz CT molecular complexity index is 893. The summed E-state index contributed by atoms with van der Waals surface area (Å²) in [6.45, 7) is 1.25. The Balaban J connectivity index is 1.72. The van der Waals surface area contributed by atoms with Crippen LogP contribution in [0.1, 0.15) is 5.56 Å². The second-order valence-electron chi connectivity index (χ2n) is 5.74. The van der Waals surface area contributed by atoms with Crippen LogP contribution in [-0.4, -0.2) is 35.6 Å². The maximum absolute atomic E-state index is 12.2. The van der Waals surface area contributed by atoms with E-state index in [4.69, 9.17) is 5.41 Å². The summed E-state index contributed by atoms with van der Waals surface area (Å²) in [6.07, 6.45) is 3.44. The molecule has 1 aromatic heterocycles. The van der Waals surface area contributed by atoms with Crippen LogP contribution in [0.3, 0.4) is 0 Å². The molecule has 0 unspecified atom stereocenters. The van der Waals surface area contributed by atoms with E-state index in [-0.39, 0.29) is 5.75 Å². The van der Waals surface area contributed by atoms with Crippen molar-refractivity contribution in [3.63, 3.8) is 0 Å². The van der Waals surface area contributed by atoms with Crippen LogP contribution in [0, 0.1) is 5.41 Å². The Hall–Kier alpha value is -3.56. The van der Waals surface area contributed by atoms with Crippen LogP contribution in [0.25, 0.3) is 0 Å². The maximum atomic E-state index is 12.2. The molecular weight excluding hydrogens is 373 g/mol. The largest absolute Gasteiger partial charge is 0.573 e. The molecular formula is C18H17F3N6O. The molecule has 146 valence electrons. The Labute approximate surface area is 158 Å². The number of anilines is 3. The first-order valence-electron chi connectivity index (χ1n) is 8.25. The van der Waals surface area contributed by atoms with Crippen molar-refractivity contribution in [1.29, 1.82) is 5.41 Å². The van der Waals surface area contributed by atoms with Gasteiger partial charge in [0.15, 0.2) is 0 Å². The smallest absolute Gasteiger partial charge is 0.406 e. The molecule has 1 aromatic carbocycles. The van der Waals surface area contributed by atoms with E-state index in [1.54, 1.807) is 0 Å². The van der Waals surface area contributed by atoms with Crippen molar-refractivity contribution in [2.45, 2.75) is 6.36 Å². The number of aromatic nitrogens is 2. The lowest BCUT2D eigenvalue weighted by molar-refractivity contribution is -0.274. The number of benzene rings is 1. The lowest BCUT2D eigenvalue weighted by Gasteiger charge is -2.15. The number of allylic oxidation sites excluding steroid dienone is 2. The van der Waals surface area contributed by atoms with Crippen molar-refractivity contribution in [2.24, 2.45) is 0 Å². The van der Waals surface area contributed by atoms with Gasteiger partial charge in [-0.25, -0.2) is 9.97 Å². The molecule has 0 spiro atoms. The van der Waals surface area contributed by atoms with Gasteiger partial charge in [0.25, 0.3) is 0 Å². The number of dihydropyridines is 1. The minimum absolute atomic E-state index is 0.321. The van der Waals surface area contributed by atoms with Gasteiger partial charge >= 0.3 is 6.36 Å². The summed E-state index contributed by atoms with van der Waals surface area (Å²) in [5.74, 6) is 0.506. The molecule has 28 heavy (non-hydrogen) atoms. The van der Waals surface area contributed by atoms with Gasteiger partial charge in [0, 0.05) is 25.0 Å². The average molecular weight is 390 g/mol. The van der Waals surface area contributed by atoms with Crippen molar-refractivity contribution in [1.82, 2.24) is 15.3 Å². The summed E-state index contributed by atoms with van der Waals surface area (Å²) < 4.78 is 40.6. The lowest BCUT2D eigenvalue weighted by Crippen LogP contribution is -2.19. The van der Waals surface area contributed by atoms with Crippen LogP contribution in [0.4, 0.5) is 30.5 Å². The highest BCUT2D eigenvalue weighted by Gasteiger charge is 2.30. The van der Waals surface area contributed by atoms with Gasteiger partial charge in [0.2, 0.25) is 0 Å². The third-order valence-electron chi connectivity index (χ3n) is 3.74. The normalized spacial score (nSPS) is 13.3. The minimum atomic E-state index is -4.74. The Morgan fingerprint density at radius 2 is 1.93 bits per heavy atom. The molecule has 4 N–H and O–H groups in total. The summed E-state index contributed by atoms with van der Waals surface area (Å²) in [7, 11) is 0. The predicted octanol–water partition coefficient (Wildman–Crippen LogP) is 3.57. The van der Waals surface area contributed by atoms with Crippen molar-refractivity contribution in [3.8, 4) is 5.75 Å². The average Bonchev–Trinajstić information content (AvgIpc) is 2.67. The molecule has 0 saturated heterocycles. The van der Waals surface area contributed by atoms with Gasteiger partial charge in [-0.15, -0.1) is 13.2 Å². The zero-order chi connectivity index (χ0) is 20.0. The van der Waals surface area contributed by atoms with E-state index in [2.05, 4.69) is 30.7 Å². The topological polar surface area (TPSA) is 95.0 Å². The number of nitrogens with zero attached hydrogens (tertiary/aromatic N) is 2. The molecule has 0 fully saturated rings. The van der Waals surface area contributed by atoms with Crippen LogP contribution in [-0.2, 0) is 0 Å². The zero-order valence-corrected chi connectivity index (χ0v) is 14.5. The molecule has 0 saturated carbocycles. The van der Waals surface area contributed by atoms with Crippen LogP contribution in [0.2, 0.25) is 0 Å². The number of alkyl halides is 3. The van der Waals surface area contributed by atoms with E-state index in [1.807, 2.05) is 18.4 Å². The third-order valence-corrected chi connectivity index (χ3v) is 3.74. The fraction of sp³-hybridized carbons (Fsp3) is 0.167. The van der Waals surface area contributed by atoms with Crippen LogP contribution in [0.15, 0.2) is 54.5 Å². The number of nitrogens with one attached hydrogen (secondary N) is 4. The molecule has 10 heteroatoms. The fourth-order valence-corrected chi connectivity index (χ4v) is 2.47. The monoisotopic (exact) mass is 390 g/mol. The van der Waals surface area contributed by atoms with Gasteiger partial charge in [-0.05, 0) is 42.1 Å². The van der Waals surface area contributed by atoms with E-state index >= 15 is 0 Å². The number of ether oxygens (including phenoxy) is 1. The summed E-state index contributed by atoms with van der Waals surface area (Å²) >= 11 is 0. The van der Waals surface area contributed by atoms with Crippen LogP contribution in [0.5, 0.6) is 5.75 Å². The molecule has 0 radical (unpaired) electrons. The first kappa shape index (κ1) is 19.2. The van der Waals surface area contributed by atoms with Gasteiger partial charge in [0.05, 0.1) is 5.56 Å². The highest BCUT2D eigenvalue weighted by Crippen LogP contribution is 2.26. The molecule has 1 aliphatic heterocycles. The first-order valence-corrected chi connectivity index (χ1v) is 8.25. The molecule has 7 nitrogen and oxygen atoms in total. The number of halogens is 3. The van der Waals surface area contributed by atoms with Crippen molar-refractivity contribution in [2.75, 3.05) is 23.7 Å². The van der Waals surface area contributed by atoms with Crippen molar-refractivity contribution >= 4 is 23.5 Å². The van der Waals surface area contributed by atoms with Gasteiger partial charge < -0.3 is 26.1 Å². The molecule has 3 rings (SSSR count). The second kappa shape index (κ2) is 8.42. The predicted molar refractivity (Wildman–Crippen MR) is 100 cm³/mol. The van der Waals surface area contributed by atoms with Crippen LogP contribution < -0.4 is 20.7 Å². The molecule has 2 heterocycles. The highest BCUT2D eigenvalue weighted by atomic mass is 19.4. The number of hydrogen-bond acceptors (Lipinski definition) is 7. The van der Waals surface area contributed by atoms with Gasteiger partial charge in [-0.1, -0.05) is 6.08 Å². The van der Waals surface area contributed by atoms with Crippen molar-refractivity contribution < 1.29 is 17.9 Å². The standard InChI is InChI=1S/C18H17F3N6O/c19-18(20,21)28-14-5-3-13(4-6-14)27-17-15(8-22)16(25-11-26-17)24-10-12-2-1-7-23-9-12/h1-8,11,22-23H,9-10H2,(H2,24,25,26,27). The zero-order valence-electron chi connectivity index (χ0n) is 14.5. The fourth-order valence-electron chi connectivity index (χ4n) is 2.47. The lowest BCUT2D eigenvalue weighted by atomic mass is 10.2. The second-order valence-corrected chi connectivity index (χ2v) is 5.74. The third kappa shape index (κ3) is 5.22. The Kier molecular flexibility index (Phi) is 5.78. The van der Waals surface area contributed by atoms with Crippen LogP contribution >= 0.6 is 0 Å². The molecule has 0 amide bonds. The van der Waals surface area contributed by atoms with Gasteiger partial charge in [0.1, 0.15) is 23.7 Å². The quantitative estimate of drug-likeness (QED) is 0.540. The van der Waals surface area contributed by atoms with E-state index in [0.717, 1.165) is 11.8 Å². The molecule has 0 atom stereocenters. The van der Waals surface area contributed by atoms with Gasteiger partial charge in [-0.3, -0.25) is 0 Å². The molecule has 0 bridgehead atoms. The molecule has 1 aliphatic rings. The maximum Gasteiger partial charge on any atom is 0.573 e. The first-order chi connectivity index (χ1) is 13.4. The van der Waals surface area contributed by atoms with E-state index in [1.165, 1.54) is 30.6 Å². The number of hydrogen-bond donors (Lipinski definition) is 4. The van der Waals surface area contributed by atoms with Gasteiger partial charge in [-0.2, -0.15) is 0 Å². The highest BCUT2D eigenvalue weighted by molar-refractivity contribution is 5.91. The Morgan fingerprint density at radius 3 is 2.57 bits per heavy atom. The van der Waals surface area contributed by atoms with Crippen molar-refractivity contribution in [3.05, 3.63) is 60.1 Å². The summed E-state index contributed by atoms with van der Waals surface area (Å²) in [5, 5.41) is 16.9. The minimum Gasteiger partial charge on any atom is -0.406 e.